The molecular weight excluding hydrogens is 522 g/mol. The predicted octanol–water partition coefficient (Wildman–Crippen LogP) is 3.34. The molecule has 1 unspecified atom stereocenters. The van der Waals surface area contributed by atoms with E-state index in [1.165, 1.54) is 12.1 Å². The Morgan fingerprint density at radius 1 is 1.08 bits per heavy atom. The van der Waals surface area contributed by atoms with Gasteiger partial charge in [-0.15, -0.1) is 0 Å². The van der Waals surface area contributed by atoms with Crippen LogP contribution >= 0.6 is 0 Å². The Kier molecular flexibility index (Phi) is 7.49. The molecule has 11 heteroatoms. The van der Waals surface area contributed by atoms with Crippen molar-refractivity contribution in [1.82, 2.24) is 10.0 Å². The minimum absolute atomic E-state index is 0.158. The second-order valence-corrected chi connectivity index (χ2v) is 11.7. The number of nitrogens with two attached hydrogens (primary N) is 1. The summed E-state index contributed by atoms with van der Waals surface area (Å²) < 4.78 is 35.5. The molecule has 0 aliphatic heterocycles. The van der Waals surface area contributed by atoms with Crippen molar-refractivity contribution in [2.75, 3.05) is 0 Å². The Morgan fingerprint density at radius 3 is 2.33 bits per heavy atom. The van der Waals surface area contributed by atoms with E-state index in [1.807, 2.05) is 30.3 Å². The summed E-state index contributed by atoms with van der Waals surface area (Å²) in [5, 5.41) is 12.6. The summed E-state index contributed by atoms with van der Waals surface area (Å²) in [6.45, 7) is 4.71. The Morgan fingerprint density at radius 2 is 1.77 bits per heavy atom. The van der Waals surface area contributed by atoms with Crippen molar-refractivity contribution in [3.63, 3.8) is 0 Å². The van der Waals surface area contributed by atoms with Crippen molar-refractivity contribution in [2.45, 2.75) is 38.1 Å². The van der Waals surface area contributed by atoms with Gasteiger partial charge >= 0.3 is 5.97 Å². The van der Waals surface area contributed by atoms with Crippen LogP contribution in [0.1, 0.15) is 52.3 Å². The summed E-state index contributed by atoms with van der Waals surface area (Å²) in [6, 6.07) is 12.5. The fraction of sp³-hybridized carbons (Fsp3) is 0.250. The van der Waals surface area contributed by atoms with E-state index in [0.29, 0.717) is 10.9 Å². The summed E-state index contributed by atoms with van der Waals surface area (Å²) >= 11 is 0. The van der Waals surface area contributed by atoms with E-state index in [2.05, 4.69) is 10.0 Å². The zero-order valence-corrected chi connectivity index (χ0v) is 22.4. The molecule has 3 aromatic rings. The molecule has 204 valence electrons. The van der Waals surface area contributed by atoms with Gasteiger partial charge in [0.2, 0.25) is 15.9 Å². The van der Waals surface area contributed by atoms with Crippen LogP contribution in [0.25, 0.3) is 16.5 Å². The third-order valence-corrected chi connectivity index (χ3v) is 8.64. The van der Waals surface area contributed by atoms with Gasteiger partial charge in [0, 0.05) is 17.4 Å². The van der Waals surface area contributed by atoms with Gasteiger partial charge in [-0.3, -0.25) is 14.4 Å². The number of furan rings is 1. The Labute approximate surface area is 225 Å². The number of benzene rings is 2. The maximum absolute atomic E-state index is 13.8. The largest absolute Gasteiger partial charge is 0.480 e. The molecule has 1 aliphatic carbocycles. The number of hydrogen-bond acceptors (Lipinski definition) is 6. The smallest absolute Gasteiger partial charge is 0.321 e. The second kappa shape index (κ2) is 10.5. The van der Waals surface area contributed by atoms with E-state index in [1.54, 1.807) is 45.1 Å². The zero-order chi connectivity index (χ0) is 28.5. The van der Waals surface area contributed by atoms with Crippen LogP contribution in [0.4, 0.5) is 0 Å². The molecule has 1 aliphatic rings. The summed E-state index contributed by atoms with van der Waals surface area (Å²) in [5.74, 6) is -3.68. The quantitative estimate of drug-likeness (QED) is 0.316. The first kappa shape index (κ1) is 27.8. The lowest BCUT2D eigenvalue weighted by Crippen LogP contribution is -2.60. The minimum Gasteiger partial charge on any atom is -0.480 e. The molecule has 0 radical (unpaired) electrons. The number of hydrogen-bond donors (Lipinski definition) is 4. The molecule has 39 heavy (non-hydrogen) atoms. The number of primary amides is 1. The van der Waals surface area contributed by atoms with E-state index in [4.69, 9.17) is 10.2 Å². The molecule has 0 bridgehead atoms. The molecule has 2 aromatic carbocycles. The van der Waals surface area contributed by atoms with Crippen molar-refractivity contribution < 1.29 is 32.3 Å². The topological polar surface area (TPSA) is 169 Å². The van der Waals surface area contributed by atoms with Crippen molar-refractivity contribution in [3.05, 3.63) is 89.2 Å². The summed E-state index contributed by atoms with van der Waals surface area (Å²) in [6.07, 6.45) is 4.38. The number of carboxylic acid groups (broad SMARTS) is 1. The summed E-state index contributed by atoms with van der Waals surface area (Å²) in [5.41, 5.74) is 7.77. The average molecular weight is 552 g/mol. The molecule has 1 heterocycles. The van der Waals surface area contributed by atoms with E-state index in [9.17, 15) is 27.9 Å². The van der Waals surface area contributed by atoms with Gasteiger partial charge in [-0.2, -0.15) is 4.72 Å². The standard InChI is InChI=1S/C28H29N3O7S/c1-16(2)23(27(34)35)31-39(36,37)28(14-12-19(13-15-28)18-8-5-4-6-9-18)30-26(33)24-17(3)22-20(25(29)32)10-7-11-21(22)38-24/h4-14,16,23,31H,15H2,1-3H3,(H2,29,32)(H,30,33)(H,34,35)/t23-,28?/m0/s1. The lowest BCUT2D eigenvalue weighted by Gasteiger charge is -2.34. The van der Waals surface area contributed by atoms with Crippen LogP contribution in [0.15, 0.2) is 71.2 Å². The number of nitrogens with one attached hydrogen (secondary N) is 2. The van der Waals surface area contributed by atoms with Gasteiger partial charge < -0.3 is 20.6 Å². The summed E-state index contributed by atoms with van der Waals surface area (Å²) in [7, 11) is -4.52. The van der Waals surface area contributed by atoms with Gasteiger partial charge in [-0.25, -0.2) is 8.42 Å². The molecule has 0 saturated carbocycles. The van der Waals surface area contributed by atoms with Crippen LogP contribution in [0.5, 0.6) is 0 Å². The van der Waals surface area contributed by atoms with Crippen molar-refractivity contribution in [2.24, 2.45) is 11.7 Å². The number of fused-ring (bicyclic) bond motifs is 1. The van der Waals surface area contributed by atoms with Gasteiger partial charge in [-0.1, -0.05) is 62.4 Å². The Hall–Kier alpha value is -4.22. The number of aryl methyl sites for hydroxylation is 1. The lowest BCUT2D eigenvalue weighted by atomic mass is 9.96. The molecule has 5 N–H and O–H groups in total. The van der Waals surface area contributed by atoms with Crippen LogP contribution < -0.4 is 15.8 Å². The third-order valence-electron chi connectivity index (χ3n) is 6.71. The van der Waals surface area contributed by atoms with Crippen molar-refractivity contribution in [3.8, 4) is 0 Å². The first-order valence-corrected chi connectivity index (χ1v) is 13.7. The highest BCUT2D eigenvalue weighted by Gasteiger charge is 2.46. The molecular formula is C28H29N3O7S. The van der Waals surface area contributed by atoms with Gasteiger partial charge in [0.15, 0.2) is 10.6 Å². The van der Waals surface area contributed by atoms with Crippen LogP contribution in [0, 0.1) is 12.8 Å². The fourth-order valence-electron chi connectivity index (χ4n) is 4.54. The maximum atomic E-state index is 13.8. The van der Waals surface area contributed by atoms with E-state index in [0.717, 1.165) is 11.1 Å². The number of aliphatic carboxylic acids is 1. The predicted molar refractivity (Wildman–Crippen MR) is 146 cm³/mol. The number of carbonyl (C=O) groups is 3. The highest BCUT2D eigenvalue weighted by Crippen LogP contribution is 2.33. The number of amides is 2. The number of rotatable bonds is 9. The molecule has 10 nitrogen and oxygen atoms in total. The van der Waals surface area contributed by atoms with Gasteiger partial charge in [0.25, 0.3) is 5.91 Å². The Bertz CT molecular complexity index is 1620. The average Bonchev–Trinajstić information content (AvgIpc) is 3.24. The fourth-order valence-corrected chi connectivity index (χ4v) is 6.24. The highest BCUT2D eigenvalue weighted by molar-refractivity contribution is 7.91. The van der Waals surface area contributed by atoms with E-state index < -0.39 is 44.6 Å². The van der Waals surface area contributed by atoms with Crippen LogP contribution in [0.2, 0.25) is 0 Å². The normalized spacial score (nSPS) is 18.1. The maximum Gasteiger partial charge on any atom is 0.321 e. The second-order valence-electron chi connectivity index (χ2n) is 9.69. The highest BCUT2D eigenvalue weighted by atomic mass is 32.2. The molecule has 0 fully saturated rings. The first-order chi connectivity index (χ1) is 18.4. The number of allylic oxidation sites excluding steroid dienone is 2. The molecule has 1 aromatic heterocycles. The molecule has 2 atom stereocenters. The Balaban J connectivity index is 1.77. The number of carbonyl (C=O) groups excluding carboxylic acids is 2. The van der Waals surface area contributed by atoms with E-state index in [-0.39, 0.29) is 23.3 Å². The van der Waals surface area contributed by atoms with Crippen molar-refractivity contribution >= 4 is 44.3 Å². The van der Waals surface area contributed by atoms with Crippen LogP contribution in [-0.2, 0) is 14.8 Å². The molecule has 0 saturated heterocycles. The lowest BCUT2D eigenvalue weighted by molar-refractivity contribution is -0.140. The van der Waals surface area contributed by atoms with Gasteiger partial charge in [-0.05, 0) is 42.2 Å². The first-order valence-electron chi connectivity index (χ1n) is 12.2. The van der Waals surface area contributed by atoms with Crippen LogP contribution in [-0.4, -0.2) is 42.2 Å². The van der Waals surface area contributed by atoms with E-state index >= 15 is 0 Å². The molecule has 0 spiro atoms. The number of sulfonamides is 1. The zero-order valence-electron chi connectivity index (χ0n) is 21.6. The summed E-state index contributed by atoms with van der Waals surface area (Å²) in [4.78, 5) is 35.3. The molecule has 4 rings (SSSR count). The van der Waals surface area contributed by atoms with Gasteiger partial charge in [0.05, 0.1) is 5.56 Å². The van der Waals surface area contributed by atoms with Gasteiger partial charge in [0.1, 0.15) is 11.6 Å². The van der Waals surface area contributed by atoms with Crippen LogP contribution in [0.3, 0.4) is 0 Å². The van der Waals surface area contributed by atoms with Crippen molar-refractivity contribution in [1.29, 1.82) is 0 Å². The number of carboxylic acids is 1. The SMILES string of the molecule is Cc1c(C(=O)NC2(S(=O)(=O)N[C@H](C(=O)O)C(C)C)C=CC(c3ccccc3)=CC2)oc2cccc(C(N)=O)c12. The molecule has 2 amide bonds. The third kappa shape index (κ3) is 5.23. The minimum atomic E-state index is -4.52. The monoisotopic (exact) mass is 551 g/mol.